The summed E-state index contributed by atoms with van der Waals surface area (Å²) in [6.07, 6.45) is 1.22. The smallest absolute Gasteiger partial charge is 0.340 e. The predicted octanol–water partition coefficient (Wildman–Crippen LogP) is 0.712. The van der Waals surface area contributed by atoms with E-state index in [4.69, 9.17) is 9.47 Å². The molecule has 0 saturated heterocycles. The quantitative estimate of drug-likeness (QED) is 0.450. The molecule has 1 aromatic carbocycles. The SMILES string of the molecule is CCOC(=O)C=C([NH3+])Oc1ccccc1. The molecule has 1 rings (SSSR count). The second-order valence-electron chi connectivity index (χ2n) is 2.78. The number of rotatable bonds is 4. The molecule has 0 radical (unpaired) electrons. The zero-order valence-corrected chi connectivity index (χ0v) is 8.60. The molecule has 0 fully saturated rings. The van der Waals surface area contributed by atoms with E-state index in [0.717, 1.165) is 0 Å². The molecule has 0 aliphatic heterocycles. The van der Waals surface area contributed by atoms with Gasteiger partial charge < -0.3 is 9.47 Å². The Kier molecular flexibility index (Phi) is 4.37. The van der Waals surface area contributed by atoms with Gasteiger partial charge >= 0.3 is 5.97 Å². The topological polar surface area (TPSA) is 63.2 Å². The normalized spacial score (nSPS) is 10.9. The third kappa shape index (κ3) is 4.28. The number of quaternary nitrogens is 1. The van der Waals surface area contributed by atoms with Gasteiger partial charge in [0.05, 0.1) is 6.61 Å². The molecular weight excluding hydrogens is 194 g/mol. The van der Waals surface area contributed by atoms with Gasteiger partial charge in [0, 0.05) is 0 Å². The maximum Gasteiger partial charge on any atom is 0.340 e. The fourth-order valence-corrected chi connectivity index (χ4v) is 0.985. The molecule has 0 aliphatic carbocycles. The minimum absolute atomic E-state index is 0.264. The largest absolute Gasteiger partial charge is 0.463 e. The molecule has 0 amide bonds. The lowest BCUT2D eigenvalue weighted by atomic mass is 10.3. The maximum absolute atomic E-state index is 11.0. The Morgan fingerprint density at radius 3 is 2.67 bits per heavy atom. The highest BCUT2D eigenvalue weighted by Crippen LogP contribution is 2.09. The number of para-hydroxylation sites is 1. The third-order valence-corrected chi connectivity index (χ3v) is 1.56. The average Bonchev–Trinajstić information content (AvgIpc) is 2.19. The highest BCUT2D eigenvalue weighted by Gasteiger charge is 2.03. The van der Waals surface area contributed by atoms with E-state index in [9.17, 15) is 4.79 Å². The lowest BCUT2D eigenvalue weighted by molar-refractivity contribution is -0.342. The minimum Gasteiger partial charge on any atom is -0.463 e. The Bertz CT molecular complexity index is 346. The Hall–Kier alpha value is -1.81. The molecule has 0 aromatic heterocycles. The molecule has 0 heterocycles. The molecule has 4 nitrogen and oxygen atoms in total. The second-order valence-corrected chi connectivity index (χ2v) is 2.78. The van der Waals surface area contributed by atoms with E-state index in [1.165, 1.54) is 6.08 Å². The van der Waals surface area contributed by atoms with Crippen LogP contribution < -0.4 is 10.5 Å². The Labute approximate surface area is 88.3 Å². The van der Waals surface area contributed by atoms with Crippen LogP contribution >= 0.6 is 0 Å². The van der Waals surface area contributed by atoms with E-state index >= 15 is 0 Å². The van der Waals surface area contributed by atoms with Crippen LogP contribution in [0.3, 0.4) is 0 Å². The average molecular weight is 208 g/mol. The third-order valence-electron chi connectivity index (χ3n) is 1.56. The molecule has 0 atom stereocenters. The Morgan fingerprint density at radius 1 is 1.40 bits per heavy atom. The van der Waals surface area contributed by atoms with E-state index in [-0.39, 0.29) is 5.88 Å². The first kappa shape index (κ1) is 11.3. The van der Waals surface area contributed by atoms with Gasteiger partial charge in [0.2, 0.25) is 0 Å². The number of carbonyl (C=O) groups is 1. The molecular formula is C11H14NO3+. The summed E-state index contributed by atoms with van der Waals surface area (Å²) in [4.78, 5) is 11.0. The number of esters is 1. The highest BCUT2D eigenvalue weighted by molar-refractivity contribution is 5.82. The lowest BCUT2D eigenvalue weighted by Gasteiger charge is -2.01. The van der Waals surface area contributed by atoms with Crippen molar-refractivity contribution in [3.05, 3.63) is 42.3 Å². The van der Waals surface area contributed by atoms with Crippen molar-refractivity contribution in [3.63, 3.8) is 0 Å². The summed E-state index contributed by atoms with van der Waals surface area (Å²) >= 11 is 0. The first-order valence-corrected chi connectivity index (χ1v) is 4.65. The van der Waals surface area contributed by atoms with Crippen LogP contribution in [0.2, 0.25) is 0 Å². The van der Waals surface area contributed by atoms with E-state index in [0.29, 0.717) is 12.4 Å². The first-order valence-electron chi connectivity index (χ1n) is 4.65. The van der Waals surface area contributed by atoms with Crippen LogP contribution in [0.1, 0.15) is 6.92 Å². The van der Waals surface area contributed by atoms with Gasteiger partial charge in [0.25, 0.3) is 5.88 Å². The van der Waals surface area contributed by atoms with Gasteiger partial charge in [-0.15, -0.1) is 0 Å². The fraction of sp³-hybridized carbons (Fsp3) is 0.182. The lowest BCUT2D eigenvalue weighted by Crippen LogP contribution is -2.50. The van der Waals surface area contributed by atoms with Crippen molar-refractivity contribution in [2.45, 2.75) is 6.92 Å². The zero-order chi connectivity index (χ0) is 11.1. The highest BCUT2D eigenvalue weighted by atomic mass is 16.5. The van der Waals surface area contributed by atoms with Crippen molar-refractivity contribution in [2.24, 2.45) is 0 Å². The van der Waals surface area contributed by atoms with Crippen molar-refractivity contribution in [2.75, 3.05) is 6.61 Å². The van der Waals surface area contributed by atoms with Crippen LogP contribution in [0, 0.1) is 0 Å². The van der Waals surface area contributed by atoms with E-state index in [1.54, 1.807) is 19.1 Å². The monoisotopic (exact) mass is 208 g/mol. The first-order chi connectivity index (χ1) is 7.22. The van der Waals surface area contributed by atoms with E-state index in [2.05, 4.69) is 5.73 Å². The number of ether oxygens (including phenoxy) is 2. The van der Waals surface area contributed by atoms with Crippen molar-refractivity contribution >= 4 is 5.97 Å². The Morgan fingerprint density at radius 2 is 2.07 bits per heavy atom. The molecule has 15 heavy (non-hydrogen) atoms. The summed E-state index contributed by atoms with van der Waals surface area (Å²) in [5, 5.41) is 0. The van der Waals surface area contributed by atoms with Crippen molar-refractivity contribution in [1.29, 1.82) is 0 Å². The number of hydrogen-bond acceptors (Lipinski definition) is 3. The molecule has 0 bridgehead atoms. The number of benzene rings is 1. The molecule has 0 aliphatic rings. The summed E-state index contributed by atoms with van der Waals surface area (Å²) < 4.78 is 10.00. The zero-order valence-electron chi connectivity index (χ0n) is 8.60. The van der Waals surface area contributed by atoms with Crippen molar-refractivity contribution in [3.8, 4) is 5.75 Å². The van der Waals surface area contributed by atoms with Gasteiger partial charge in [-0.05, 0) is 19.1 Å². The maximum atomic E-state index is 11.0. The Balaban J connectivity index is 2.55. The summed E-state index contributed by atoms with van der Waals surface area (Å²) in [5.74, 6) is 0.459. The van der Waals surface area contributed by atoms with Crippen LogP contribution in [0.25, 0.3) is 0 Å². The molecule has 0 saturated carbocycles. The second kappa shape index (κ2) is 5.82. The number of hydrogen-bond donors (Lipinski definition) is 1. The fourth-order valence-electron chi connectivity index (χ4n) is 0.985. The molecule has 0 unspecified atom stereocenters. The van der Waals surface area contributed by atoms with Crippen LogP contribution in [0.5, 0.6) is 5.75 Å². The standard InChI is InChI=1S/C11H13NO3/c1-2-14-11(13)8-10(12)15-9-6-4-3-5-7-9/h3-8H,2,12H2,1H3/p+1. The van der Waals surface area contributed by atoms with Crippen LogP contribution in [-0.2, 0) is 9.53 Å². The molecule has 4 heteroatoms. The van der Waals surface area contributed by atoms with Gasteiger partial charge in [-0.3, -0.25) is 5.73 Å². The van der Waals surface area contributed by atoms with Gasteiger partial charge in [0.15, 0.2) is 0 Å². The van der Waals surface area contributed by atoms with Crippen molar-refractivity contribution < 1.29 is 20.0 Å². The molecule has 1 aromatic rings. The van der Waals surface area contributed by atoms with Crippen LogP contribution in [0.15, 0.2) is 42.3 Å². The predicted molar refractivity (Wildman–Crippen MR) is 54.7 cm³/mol. The number of carbonyl (C=O) groups excluding carboxylic acids is 1. The van der Waals surface area contributed by atoms with Gasteiger partial charge in [-0.25, -0.2) is 4.79 Å². The van der Waals surface area contributed by atoms with Gasteiger partial charge in [-0.2, -0.15) is 0 Å². The van der Waals surface area contributed by atoms with E-state index in [1.807, 2.05) is 18.2 Å². The van der Waals surface area contributed by atoms with E-state index < -0.39 is 5.97 Å². The molecule has 0 spiro atoms. The molecule has 3 N–H and O–H groups in total. The van der Waals surface area contributed by atoms with Crippen LogP contribution in [-0.4, -0.2) is 12.6 Å². The summed E-state index contributed by atoms with van der Waals surface area (Å²) in [6.45, 7) is 2.08. The van der Waals surface area contributed by atoms with Gasteiger partial charge in [-0.1, -0.05) is 18.2 Å². The minimum atomic E-state index is -0.446. The van der Waals surface area contributed by atoms with Gasteiger partial charge in [0.1, 0.15) is 11.8 Å². The summed E-state index contributed by atoms with van der Waals surface area (Å²) in [6, 6.07) is 9.12. The summed E-state index contributed by atoms with van der Waals surface area (Å²) in [7, 11) is 0. The summed E-state index contributed by atoms with van der Waals surface area (Å²) in [5.41, 5.74) is 3.59. The van der Waals surface area contributed by atoms with Crippen molar-refractivity contribution in [1.82, 2.24) is 0 Å². The molecule has 80 valence electrons. The van der Waals surface area contributed by atoms with Crippen LogP contribution in [0.4, 0.5) is 0 Å².